The Morgan fingerprint density at radius 2 is 2.05 bits per heavy atom. The molecule has 1 aromatic heterocycles. The topological polar surface area (TPSA) is 20.3 Å². The number of carbonyl (C=O) groups excluding carboxylic acids is 1. The summed E-state index contributed by atoms with van der Waals surface area (Å²) in [4.78, 5) is 15.9. The summed E-state index contributed by atoms with van der Waals surface area (Å²) in [5.74, 6) is 0.0843. The van der Waals surface area contributed by atoms with Gasteiger partial charge in [0.05, 0.1) is 6.04 Å². The normalized spacial score (nSPS) is 18.2. The Morgan fingerprint density at radius 1 is 1.32 bits per heavy atom. The summed E-state index contributed by atoms with van der Waals surface area (Å²) < 4.78 is 0. The van der Waals surface area contributed by atoms with E-state index in [0.717, 1.165) is 13.0 Å². The van der Waals surface area contributed by atoms with Crippen molar-refractivity contribution >= 4 is 28.8 Å². The Morgan fingerprint density at radius 3 is 2.79 bits per heavy atom. The van der Waals surface area contributed by atoms with Gasteiger partial charge in [0.15, 0.2) is 0 Å². The van der Waals surface area contributed by atoms with Crippen LogP contribution >= 0.6 is 22.9 Å². The average Bonchev–Trinajstić information content (AvgIpc) is 2.88. The lowest BCUT2D eigenvalue weighted by Gasteiger charge is -2.33. The molecule has 0 saturated heterocycles. The summed E-state index contributed by atoms with van der Waals surface area (Å²) in [5.41, 5.74) is 1.99. The molecule has 0 unspecified atom stereocenters. The second-order valence-electron chi connectivity index (χ2n) is 4.73. The first-order valence-electron chi connectivity index (χ1n) is 6.29. The summed E-state index contributed by atoms with van der Waals surface area (Å²) in [6.45, 7) is 2.88. The fourth-order valence-electron chi connectivity index (χ4n) is 2.55. The highest BCUT2D eigenvalue weighted by Crippen LogP contribution is 2.33. The minimum atomic E-state index is 0.0843. The fourth-order valence-corrected chi connectivity index (χ4v) is 3.63. The van der Waals surface area contributed by atoms with Crippen molar-refractivity contribution in [3.63, 3.8) is 0 Å². The van der Waals surface area contributed by atoms with Crippen LogP contribution in [0, 0.1) is 0 Å². The van der Waals surface area contributed by atoms with Gasteiger partial charge in [-0.15, -0.1) is 11.3 Å². The zero-order chi connectivity index (χ0) is 13.4. The molecule has 2 nitrogen and oxygen atoms in total. The van der Waals surface area contributed by atoms with Crippen LogP contribution in [0.2, 0.25) is 5.02 Å². The third-order valence-corrected chi connectivity index (χ3v) is 4.88. The minimum Gasteiger partial charge on any atom is -0.331 e. The van der Waals surface area contributed by atoms with Crippen molar-refractivity contribution in [2.75, 3.05) is 6.54 Å². The van der Waals surface area contributed by atoms with E-state index in [2.05, 4.69) is 18.4 Å². The highest BCUT2D eigenvalue weighted by Gasteiger charge is 2.28. The lowest BCUT2D eigenvalue weighted by Crippen LogP contribution is -2.38. The molecule has 19 heavy (non-hydrogen) atoms. The molecule has 0 bridgehead atoms. The van der Waals surface area contributed by atoms with E-state index in [0.29, 0.717) is 10.6 Å². The molecule has 2 heterocycles. The smallest absolute Gasteiger partial charge is 0.254 e. The minimum absolute atomic E-state index is 0.0843. The van der Waals surface area contributed by atoms with Gasteiger partial charge in [-0.3, -0.25) is 4.79 Å². The maximum Gasteiger partial charge on any atom is 0.254 e. The van der Waals surface area contributed by atoms with Crippen LogP contribution in [0.25, 0.3) is 0 Å². The molecule has 0 fully saturated rings. The number of rotatable bonds is 1. The summed E-state index contributed by atoms with van der Waals surface area (Å²) in [6, 6.07) is 9.39. The summed E-state index contributed by atoms with van der Waals surface area (Å²) in [5, 5.41) is 2.76. The van der Waals surface area contributed by atoms with Gasteiger partial charge in [0.25, 0.3) is 5.91 Å². The van der Waals surface area contributed by atoms with Gasteiger partial charge in [-0.25, -0.2) is 0 Å². The molecule has 98 valence electrons. The Balaban J connectivity index is 1.87. The van der Waals surface area contributed by atoms with Crippen LogP contribution in [0.15, 0.2) is 35.7 Å². The SMILES string of the molecule is C[C@H]1c2ccsc2CCN1C(=O)c1ccc(Cl)cc1. The monoisotopic (exact) mass is 291 g/mol. The quantitative estimate of drug-likeness (QED) is 0.772. The van der Waals surface area contributed by atoms with Gasteiger partial charge in [0, 0.05) is 22.0 Å². The van der Waals surface area contributed by atoms with Gasteiger partial charge in [-0.1, -0.05) is 11.6 Å². The molecule has 2 aromatic rings. The van der Waals surface area contributed by atoms with E-state index in [1.165, 1.54) is 10.4 Å². The molecular formula is C15H14ClNOS. The first-order chi connectivity index (χ1) is 9.16. The molecule has 1 atom stereocenters. The molecule has 1 aromatic carbocycles. The maximum atomic E-state index is 12.5. The lowest BCUT2D eigenvalue weighted by atomic mass is 10.0. The van der Waals surface area contributed by atoms with Gasteiger partial charge >= 0.3 is 0 Å². The number of amides is 1. The van der Waals surface area contributed by atoms with Gasteiger partial charge in [0.1, 0.15) is 0 Å². The van der Waals surface area contributed by atoms with Gasteiger partial charge in [-0.2, -0.15) is 0 Å². The first kappa shape index (κ1) is 12.7. The molecule has 1 amide bonds. The zero-order valence-electron chi connectivity index (χ0n) is 10.6. The molecule has 3 rings (SSSR count). The Kier molecular flexibility index (Phi) is 3.33. The Bertz CT molecular complexity index is 605. The predicted octanol–water partition coefficient (Wildman–Crippen LogP) is 4.16. The van der Waals surface area contributed by atoms with Crippen LogP contribution in [-0.4, -0.2) is 17.4 Å². The van der Waals surface area contributed by atoms with Crippen molar-refractivity contribution in [1.29, 1.82) is 0 Å². The Hall–Kier alpha value is -1.32. The molecule has 0 aliphatic carbocycles. The van der Waals surface area contributed by atoms with Crippen LogP contribution < -0.4 is 0 Å². The van der Waals surface area contributed by atoms with E-state index in [1.54, 1.807) is 35.6 Å². The van der Waals surface area contributed by atoms with Crippen molar-refractivity contribution < 1.29 is 4.79 Å². The molecule has 0 saturated carbocycles. The van der Waals surface area contributed by atoms with E-state index in [4.69, 9.17) is 11.6 Å². The number of nitrogens with zero attached hydrogens (tertiary/aromatic N) is 1. The molecule has 0 N–H and O–H groups in total. The van der Waals surface area contributed by atoms with Gasteiger partial charge in [0.2, 0.25) is 0 Å². The number of benzene rings is 1. The van der Waals surface area contributed by atoms with Crippen molar-refractivity contribution in [3.05, 3.63) is 56.7 Å². The number of thiophene rings is 1. The number of carbonyl (C=O) groups is 1. The van der Waals surface area contributed by atoms with Crippen molar-refractivity contribution in [1.82, 2.24) is 4.90 Å². The van der Waals surface area contributed by atoms with Crippen LogP contribution in [-0.2, 0) is 6.42 Å². The van der Waals surface area contributed by atoms with E-state index < -0.39 is 0 Å². The van der Waals surface area contributed by atoms with E-state index >= 15 is 0 Å². The fraction of sp³-hybridized carbons (Fsp3) is 0.267. The molecular weight excluding hydrogens is 278 g/mol. The van der Waals surface area contributed by atoms with E-state index in [-0.39, 0.29) is 11.9 Å². The lowest BCUT2D eigenvalue weighted by molar-refractivity contribution is 0.0679. The Labute approximate surface area is 121 Å². The van der Waals surface area contributed by atoms with Crippen molar-refractivity contribution in [2.24, 2.45) is 0 Å². The number of hydrogen-bond donors (Lipinski definition) is 0. The molecule has 1 aliphatic rings. The predicted molar refractivity (Wildman–Crippen MR) is 78.9 cm³/mol. The third kappa shape index (κ3) is 2.28. The zero-order valence-corrected chi connectivity index (χ0v) is 12.2. The van der Waals surface area contributed by atoms with Crippen LogP contribution in [0.1, 0.15) is 33.8 Å². The maximum absolute atomic E-state index is 12.5. The van der Waals surface area contributed by atoms with Gasteiger partial charge in [-0.05, 0) is 54.6 Å². The molecule has 0 spiro atoms. The summed E-state index contributed by atoms with van der Waals surface area (Å²) >= 11 is 7.64. The number of fused-ring (bicyclic) bond motifs is 1. The van der Waals surface area contributed by atoms with Gasteiger partial charge < -0.3 is 4.90 Å². The highest BCUT2D eigenvalue weighted by molar-refractivity contribution is 7.10. The van der Waals surface area contributed by atoms with E-state index in [9.17, 15) is 4.79 Å². The molecule has 0 radical (unpaired) electrons. The van der Waals surface area contributed by atoms with Crippen LogP contribution in [0.4, 0.5) is 0 Å². The molecule has 4 heteroatoms. The summed E-state index contributed by atoms with van der Waals surface area (Å²) in [7, 11) is 0. The molecule has 1 aliphatic heterocycles. The average molecular weight is 292 g/mol. The third-order valence-electron chi connectivity index (χ3n) is 3.63. The second kappa shape index (κ2) is 4.99. The number of hydrogen-bond acceptors (Lipinski definition) is 2. The second-order valence-corrected chi connectivity index (χ2v) is 6.17. The van der Waals surface area contributed by atoms with Crippen LogP contribution in [0.5, 0.6) is 0 Å². The van der Waals surface area contributed by atoms with Crippen LogP contribution in [0.3, 0.4) is 0 Å². The first-order valence-corrected chi connectivity index (χ1v) is 7.55. The summed E-state index contributed by atoms with van der Waals surface area (Å²) in [6.07, 6.45) is 0.955. The number of halogens is 1. The standard InChI is InChI=1S/C15H14ClNOS/c1-10-13-7-9-19-14(13)6-8-17(10)15(18)11-2-4-12(16)5-3-11/h2-5,7,9-10H,6,8H2,1H3/t10-/m0/s1. The van der Waals surface area contributed by atoms with Crippen molar-refractivity contribution in [3.8, 4) is 0 Å². The largest absolute Gasteiger partial charge is 0.331 e. The highest BCUT2D eigenvalue weighted by atomic mass is 35.5. The van der Waals surface area contributed by atoms with Crippen molar-refractivity contribution in [2.45, 2.75) is 19.4 Å². The van der Waals surface area contributed by atoms with E-state index in [1.807, 2.05) is 4.90 Å².